The van der Waals surface area contributed by atoms with Crippen LogP contribution in [0.15, 0.2) is 24.3 Å². The van der Waals surface area contributed by atoms with Gasteiger partial charge in [-0.05, 0) is 25.8 Å². The average Bonchev–Trinajstić information content (AvgIpc) is 2.48. The molecule has 1 aliphatic rings. The van der Waals surface area contributed by atoms with Crippen molar-refractivity contribution >= 4 is 11.7 Å². The van der Waals surface area contributed by atoms with Crippen molar-refractivity contribution < 1.29 is 18.4 Å². The van der Waals surface area contributed by atoms with Gasteiger partial charge < -0.3 is 5.32 Å². The molecule has 1 aromatic rings. The Morgan fingerprint density at radius 2 is 1.82 bits per heavy atom. The summed E-state index contributed by atoms with van der Waals surface area (Å²) in [4.78, 5) is 25.6. The number of nitrogens with one attached hydrogen (secondary N) is 1. The molecule has 1 N–H and O–H groups in total. The SMILES string of the molecule is CC(=O)c1ccccc1C(=O)NC1CCN(CC(F)F)CC1. The van der Waals surface area contributed by atoms with Crippen molar-refractivity contribution in [1.82, 2.24) is 10.2 Å². The van der Waals surface area contributed by atoms with Gasteiger partial charge in [0.05, 0.1) is 12.1 Å². The second-order valence-corrected chi connectivity index (χ2v) is 5.54. The number of likely N-dealkylation sites (tertiary alicyclic amines) is 1. The van der Waals surface area contributed by atoms with E-state index in [-0.39, 0.29) is 24.3 Å². The van der Waals surface area contributed by atoms with Crippen LogP contribution in [0.4, 0.5) is 8.78 Å². The molecule has 0 aromatic heterocycles. The predicted molar refractivity (Wildman–Crippen MR) is 79.4 cm³/mol. The predicted octanol–water partition coefficient (Wildman–Crippen LogP) is 2.35. The van der Waals surface area contributed by atoms with Gasteiger partial charge in [0.25, 0.3) is 12.3 Å². The van der Waals surface area contributed by atoms with Gasteiger partial charge in [0, 0.05) is 24.7 Å². The zero-order valence-corrected chi connectivity index (χ0v) is 12.5. The number of nitrogens with zero attached hydrogens (tertiary/aromatic N) is 1. The third-order valence-electron chi connectivity index (χ3n) is 3.87. The highest BCUT2D eigenvalue weighted by Gasteiger charge is 2.23. The highest BCUT2D eigenvalue weighted by Crippen LogP contribution is 2.14. The molecular weight excluding hydrogens is 290 g/mol. The van der Waals surface area contributed by atoms with Crippen LogP contribution in [0.3, 0.4) is 0 Å². The lowest BCUT2D eigenvalue weighted by Crippen LogP contribution is -2.45. The van der Waals surface area contributed by atoms with Crippen LogP contribution in [-0.2, 0) is 0 Å². The van der Waals surface area contributed by atoms with Crippen LogP contribution in [0, 0.1) is 0 Å². The fourth-order valence-corrected chi connectivity index (χ4v) is 2.71. The van der Waals surface area contributed by atoms with E-state index in [1.165, 1.54) is 6.92 Å². The average molecular weight is 310 g/mol. The van der Waals surface area contributed by atoms with Crippen LogP contribution >= 0.6 is 0 Å². The standard InChI is InChI=1S/C16H20F2N2O2/c1-11(21)13-4-2-3-5-14(13)16(22)19-12-6-8-20(9-7-12)10-15(17)18/h2-5,12,15H,6-10H2,1H3,(H,19,22). The van der Waals surface area contributed by atoms with E-state index < -0.39 is 6.43 Å². The smallest absolute Gasteiger partial charge is 0.252 e. The molecule has 0 saturated carbocycles. The number of hydrogen-bond acceptors (Lipinski definition) is 3. The Labute approximate surface area is 128 Å². The number of piperidine rings is 1. The van der Waals surface area contributed by atoms with E-state index in [2.05, 4.69) is 5.32 Å². The zero-order valence-electron chi connectivity index (χ0n) is 12.5. The molecule has 1 aliphatic heterocycles. The molecule has 0 spiro atoms. The molecule has 120 valence electrons. The molecule has 0 bridgehead atoms. The number of rotatable bonds is 5. The molecule has 6 heteroatoms. The van der Waals surface area contributed by atoms with Gasteiger partial charge in [0.1, 0.15) is 0 Å². The van der Waals surface area contributed by atoms with Gasteiger partial charge in [0.2, 0.25) is 0 Å². The van der Waals surface area contributed by atoms with Crippen LogP contribution < -0.4 is 5.32 Å². The largest absolute Gasteiger partial charge is 0.349 e. The van der Waals surface area contributed by atoms with Crippen LogP contribution in [0.1, 0.15) is 40.5 Å². The van der Waals surface area contributed by atoms with E-state index in [4.69, 9.17) is 0 Å². The summed E-state index contributed by atoms with van der Waals surface area (Å²) < 4.78 is 24.6. The van der Waals surface area contributed by atoms with Gasteiger partial charge in [-0.25, -0.2) is 8.78 Å². The molecule has 2 rings (SSSR count). The van der Waals surface area contributed by atoms with E-state index in [1.807, 2.05) is 0 Å². The van der Waals surface area contributed by atoms with Crippen LogP contribution in [0.25, 0.3) is 0 Å². The molecule has 0 radical (unpaired) electrons. The molecule has 1 fully saturated rings. The first-order valence-electron chi connectivity index (χ1n) is 7.38. The summed E-state index contributed by atoms with van der Waals surface area (Å²) in [6.07, 6.45) is -1.05. The highest BCUT2D eigenvalue weighted by atomic mass is 19.3. The minimum absolute atomic E-state index is 0.0403. The van der Waals surface area contributed by atoms with Crippen molar-refractivity contribution in [3.8, 4) is 0 Å². The number of alkyl halides is 2. The maximum Gasteiger partial charge on any atom is 0.252 e. The number of benzene rings is 1. The Morgan fingerprint density at radius 1 is 1.23 bits per heavy atom. The molecule has 1 aromatic carbocycles. The van der Waals surface area contributed by atoms with Crippen LogP contribution in [-0.4, -0.2) is 48.7 Å². The van der Waals surface area contributed by atoms with Gasteiger partial charge in [-0.15, -0.1) is 0 Å². The van der Waals surface area contributed by atoms with Crippen molar-refractivity contribution in [1.29, 1.82) is 0 Å². The monoisotopic (exact) mass is 310 g/mol. The summed E-state index contributed by atoms with van der Waals surface area (Å²) >= 11 is 0. The van der Waals surface area contributed by atoms with Gasteiger partial charge in [-0.1, -0.05) is 18.2 Å². The Bertz CT molecular complexity index is 541. The summed E-state index contributed by atoms with van der Waals surface area (Å²) in [5, 5.41) is 2.90. The molecule has 1 amide bonds. The minimum Gasteiger partial charge on any atom is -0.349 e. The van der Waals surface area contributed by atoms with E-state index in [9.17, 15) is 18.4 Å². The number of ketones is 1. The fraction of sp³-hybridized carbons (Fsp3) is 0.500. The van der Waals surface area contributed by atoms with Crippen molar-refractivity contribution in [2.75, 3.05) is 19.6 Å². The van der Waals surface area contributed by atoms with E-state index in [1.54, 1.807) is 29.2 Å². The zero-order chi connectivity index (χ0) is 16.1. The van der Waals surface area contributed by atoms with E-state index >= 15 is 0 Å². The molecule has 0 aliphatic carbocycles. The van der Waals surface area contributed by atoms with Crippen molar-refractivity contribution in [2.24, 2.45) is 0 Å². The Balaban J connectivity index is 1.93. The molecule has 0 unspecified atom stereocenters. The molecular formula is C16H20F2N2O2. The first-order valence-corrected chi connectivity index (χ1v) is 7.38. The second kappa shape index (κ2) is 7.45. The van der Waals surface area contributed by atoms with Crippen molar-refractivity contribution in [3.05, 3.63) is 35.4 Å². The molecule has 22 heavy (non-hydrogen) atoms. The summed E-state index contributed by atoms with van der Waals surface area (Å²) in [5.41, 5.74) is 0.764. The number of carbonyl (C=O) groups is 2. The lowest BCUT2D eigenvalue weighted by atomic mass is 10.0. The topological polar surface area (TPSA) is 49.4 Å². The van der Waals surface area contributed by atoms with E-state index in [0.29, 0.717) is 37.1 Å². The third-order valence-corrected chi connectivity index (χ3v) is 3.87. The lowest BCUT2D eigenvalue weighted by Gasteiger charge is -2.32. The van der Waals surface area contributed by atoms with Crippen LogP contribution in [0.2, 0.25) is 0 Å². The summed E-state index contributed by atoms with van der Waals surface area (Å²) in [7, 11) is 0. The number of Topliss-reactive ketones (excluding diaryl/α,β-unsaturated/α-hetero) is 1. The maximum atomic E-state index is 12.3. The Hall–Kier alpha value is -1.82. The van der Waals surface area contributed by atoms with Crippen LogP contribution in [0.5, 0.6) is 0 Å². The summed E-state index contributed by atoms with van der Waals surface area (Å²) in [5.74, 6) is -0.435. The van der Waals surface area contributed by atoms with Crippen molar-refractivity contribution in [2.45, 2.75) is 32.2 Å². The minimum atomic E-state index is -2.33. The Kier molecular flexibility index (Phi) is 5.60. The fourth-order valence-electron chi connectivity index (χ4n) is 2.71. The molecule has 1 saturated heterocycles. The van der Waals surface area contributed by atoms with Crippen molar-refractivity contribution in [3.63, 3.8) is 0 Å². The first-order chi connectivity index (χ1) is 10.5. The van der Waals surface area contributed by atoms with Gasteiger partial charge in [0.15, 0.2) is 5.78 Å². The lowest BCUT2D eigenvalue weighted by molar-refractivity contribution is 0.0696. The number of amides is 1. The third kappa shape index (κ3) is 4.34. The molecule has 1 heterocycles. The number of halogens is 2. The molecule has 0 atom stereocenters. The van der Waals surface area contributed by atoms with Gasteiger partial charge in [-0.2, -0.15) is 0 Å². The molecule has 4 nitrogen and oxygen atoms in total. The summed E-state index contributed by atoms with van der Waals surface area (Å²) in [6.45, 7) is 2.30. The van der Waals surface area contributed by atoms with Gasteiger partial charge >= 0.3 is 0 Å². The quantitative estimate of drug-likeness (QED) is 0.849. The van der Waals surface area contributed by atoms with Gasteiger partial charge in [-0.3, -0.25) is 14.5 Å². The normalized spacial score (nSPS) is 16.7. The first kappa shape index (κ1) is 16.5. The summed E-state index contributed by atoms with van der Waals surface area (Å²) in [6, 6.07) is 6.64. The maximum absolute atomic E-state index is 12.3. The number of carbonyl (C=O) groups excluding carboxylic acids is 2. The second-order valence-electron chi connectivity index (χ2n) is 5.54. The Morgan fingerprint density at radius 3 is 2.36 bits per heavy atom. The van der Waals surface area contributed by atoms with E-state index in [0.717, 1.165) is 0 Å². The number of hydrogen-bond donors (Lipinski definition) is 1. The highest BCUT2D eigenvalue weighted by molar-refractivity contribution is 6.07.